The lowest BCUT2D eigenvalue weighted by molar-refractivity contribution is -0.137. The topological polar surface area (TPSA) is 21.6 Å². The van der Waals surface area contributed by atoms with E-state index in [-0.39, 0.29) is 24.1 Å². The number of alkyl halides is 3. The van der Waals surface area contributed by atoms with Gasteiger partial charge in [0.1, 0.15) is 18.2 Å². The Balaban J connectivity index is 1.99. The normalized spacial score (nSPS) is 16.2. The third-order valence-electron chi connectivity index (χ3n) is 5.42. The first-order valence-electron chi connectivity index (χ1n) is 10.3. The van der Waals surface area contributed by atoms with Crippen LogP contribution in [0.4, 0.5) is 22.0 Å². The van der Waals surface area contributed by atoms with Crippen LogP contribution in [0.5, 0.6) is 0 Å². The van der Waals surface area contributed by atoms with Crippen LogP contribution in [-0.2, 0) is 10.9 Å². The quantitative estimate of drug-likeness (QED) is 0.358. The van der Waals surface area contributed by atoms with Gasteiger partial charge in [-0.3, -0.25) is 0 Å². The van der Waals surface area contributed by atoms with E-state index < -0.39 is 31.3 Å². The molecule has 0 aromatic heterocycles. The van der Waals surface area contributed by atoms with Gasteiger partial charge < -0.3 is 4.74 Å². The maximum atomic E-state index is 14.5. The molecule has 1 atom stereocenters. The van der Waals surface area contributed by atoms with Gasteiger partial charge in [-0.1, -0.05) is 30.3 Å². The van der Waals surface area contributed by atoms with Crippen molar-refractivity contribution in [3.05, 3.63) is 88.5 Å². The summed E-state index contributed by atoms with van der Waals surface area (Å²) in [5, 5.41) is 1.57. The van der Waals surface area contributed by atoms with Gasteiger partial charge in [-0.2, -0.15) is 13.2 Å². The fraction of sp³-hybridized carbons (Fsp3) is 0.240. The Labute approximate surface area is 189 Å². The molecule has 1 aliphatic heterocycles. The van der Waals surface area contributed by atoms with E-state index in [2.05, 4.69) is 4.99 Å². The van der Waals surface area contributed by atoms with E-state index in [0.717, 1.165) is 12.1 Å². The third-order valence-corrected chi connectivity index (χ3v) is 7.88. The molecule has 0 unspecified atom stereocenters. The minimum Gasteiger partial charge on any atom is -0.475 e. The second kappa shape index (κ2) is 8.86. The first-order chi connectivity index (χ1) is 15.5. The summed E-state index contributed by atoms with van der Waals surface area (Å²) in [5.74, 6) is -0.774. The first-order valence-corrected chi connectivity index (χ1v) is 11.6. The smallest absolute Gasteiger partial charge is 0.416 e. The number of hydrogen-bond acceptors (Lipinski definition) is 2. The largest absolute Gasteiger partial charge is 0.475 e. The van der Waals surface area contributed by atoms with Crippen LogP contribution in [0.1, 0.15) is 29.2 Å². The van der Waals surface area contributed by atoms with Gasteiger partial charge in [-0.05, 0) is 80.0 Å². The van der Waals surface area contributed by atoms with Crippen molar-refractivity contribution in [1.82, 2.24) is 0 Å². The minimum absolute atomic E-state index is 0.108. The van der Waals surface area contributed by atoms with E-state index in [1.807, 2.05) is 0 Å². The van der Waals surface area contributed by atoms with E-state index >= 15 is 0 Å². The molecule has 0 saturated carbocycles. The Bertz CT molecular complexity index is 1190. The van der Waals surface area contributed by atoms with Gasteiger partial charge in [0.2, 0.25) is 5.90 Å². The molecule has 4 rings (SSSR count). The van der Waals surface area contributed by atoms with Gasteiger partial charge in [0.25, 0.3) is 0 Å². The SMILES string of the molecule is Cc1ccc(P(c2ccc(C)c(F)c2)c2ccc(C(F)(F)F)cc2C2=N[C@@H](C)CO2)cc1F. The lowest BCUT2D eigenvalue weighted by atomic mass is 10.1. The Morgan fingerprint density at radius 1 is 0.879 bits per heavy atom. The van der Waals surface area contributed by atoms with Crippen molar-refractivity contribution in [2.24, 2.45) is 4.99 Å². The molecular formula is C25H21F5NOP. The maximum Gasteiger partial charge on any atom is 0.416 e. The molecule has 2 nitrogen and oxygen atoms in total. The summed E-state index contributed by atoms with van der Waals surface area (Å²) in [6.07, 6.45) is -4.56. The molecule has 0 spiro atoms. The molecule has 172 valence electrons. The lowest BCUT2D eigenvalue weighted by Gasteiger charge is -2.23. The summed E-state index contributed by atoms with van der Waals surface area (Å²) in [6, 6.07) is 12.6. The molecule has 3 aromatic carbocycles. The van der Waals surface area contributed by atoms with Crippen LogP contribution in [0.25, 0.3) is 0 Å². The van der Waals surface area contributed by atoms with E-state index in [9.17, 15) is 22.0 Å². The summed E-state index contributed by atoms with van der Waals surface area (Å²) in [5.41, 5.74) is 0.219. The first kappa shape index (κ1) is 23.4. The molecule has 1 heterocycles. The highest BCUT2D eigenvalue weighted by molar-refractivity contribution is 7.80. The number of rotatable bonds is 4. The van der Waals surface area contributed by atoms with E-state index in [1.54, 1.807) is 45.0 Å². The van der Waals surface area contributed by atoms with Crippen LogP contribution < -0.4 is 15.9 Å². The molecule has 33 heavy (non-hydrogen) atoms. The molecule has 0 amide bonds. The van der Waals surface area contributed by atoms with Gasteiger partial charge in [0.05, 0.1) is 11.6 Å². The lowest BCUT2D eigenvalue weighted by Crippen LogP contribution is -2.27. The van der Waals surface area contributed by atoms with Gasteiger partial charge in [0, 0.05) is 5.56 Å². The summed E-state index contributed by atoms with van der Waals surface area (Å²) >= 11 is 0. The summed E-state index contributed by atoms with van der Waals surface area (Å²) < 4.78 is 75.3. The number of halogens is 5. The molecule has 1 aliphatic rings. The average Bonchev–Trinajstić information content (AvgIpc) is 3.19. The monoisotopic (exact) mass is 477 g/mol. The Morgan fingerprint density at radius 3 is 1.91 bits per heavy atom. The van der Waals surface area contributed by atoms with Crippen molar-refractivity contribution in [1.29, 1.82) is 0 Å². The predicted molar refractivity (Wildman–Crippen MR) is 121 cm³/mol. The summed E-state index contributed by atoms with van der Waals surface area (Å²) in [4.78, 5) is 4.36. The molecule has 0 fully saturated rings. The summed E-state index contributed by atoms with van der Waals surface area (Å²) in [6.45, 7) is 5.30. The van der Waals surface area contributed by atoms with E-state index in [4.69, 9.17) is 4.74 Å². The van der Waals surface area contributed by atoms with Crippen LogP contribution in [-0.4, -0.2) is 18.5 Å². The molecule has 0 saturated heterocycles. The number of ether oxygens (including phenoxy) is 1. The molecule has 0 aliphatic carbocycles. The zero-order valence-electron chi connectivity index (χ0n) is 18.2. The molecule has 8 heteroatoms. The fourth-order valence-electron chi connectivity index (χ4n) is 3.57. The highest BCUT2D eigenvalue weighted by Crippen LogP contribution is 2.38. The second-order valence-electron chi connectivity index (χ2n) is 8.03. The van der Waals surface area contributed by atoms with Crippen molar-refractivity contribution < 1.29 is 26.7 Å². The molecule has 3 aromatic rings. The molecular weight excluding hydrogens is 456 g/mol. The highest BCUT2D eigenvalue weighted by atomic mass is 31.1. The maximum absolute atomic E-state index is 14.5. The Kier molecular flexibility index (Phi) is 6.28. The van der Waals surface area contributed by atoms with E-state index in [0.29, 0.717) is 27.0 Å². The van der Waals surface area contributed by atoms with Gasteiger partial charge in [0.15, 0.2) is 0 Å². The van der Waals surface area contributed by atoms with Gasteiger partial charge >= 0.3 is 6.18 Å². The van der Waals surface area contributed by atoms with Gasteiger partial charge in [-0.15, -0.1) is 0 Å². The highest BCUT2D eigenvalue weighted by Gasteiger charge is 2.34. The number of aliphatic imine (C=N–C) groups is 1. The predicted octanol–water partition coefficient (Wildman–Crippen LogP) is 5.52. The van der Waals surface area contributed by atoms with Crippen molar-refractivity contribution >= 4 is 29.7 Å². The summed E-state index contributed by atoms with van der Waals surface area (Å²) in [7, 11) is -1.61. The van der Waals surface area contributed by atoms with Gasteiger partial charge in [-0.25, -0.2) is 13.8 Å². The second-order valence-corrected chi connectivity index (χ2v) is 10.2. The number of benzene rings is 3. The zero-order chi connectivity index (χ0) is 23.9. The third kappa shape index (κ3) is 4.79. The number of hydrogen-bond donors (Lipinski definition) is 0. The van der Waals surface area contributed by atoms with Crippen molar-refractivity contribution in [2.75, 3.05) is 6.61 Å². The van der Waals surface area contributed by atoms with Crippen LogP contribution >= 0.6 is 7.92 Å². The minimum atomic E-state index is -4.56. The Hall–Kier alpha value is -2.79. The van der Waals surface area contributed by atoms with E-state index in [1.165, 1.54) is 18.2 Å². The Morgan fingerprint density at radius 2 is 1.45 bits per heavy atom. The number of nitrogens with zero attached hydrogens (tertiary/aromatic N) is 1. The standard InChI is InChI=1S/C25H21F5NOP/c1-14-4-7-18(11-21(14)26)33(19-8-5-15(2)22(27)12-19)23-9-6-17(25(28,29)30)10-20(23)24-31-16(3)13-32-24/h4-12,16H,13H2,1-3H3/t16-/m0/s1. The van der Waals surface area contributed by atoms with Crippen LogP contribution in [0, 0.1) is 25.5 Å². The van der Waals surface area contributed by atoms with Crippen molar-refractivity contribution in [3.63, 3.8) is 0 Å². The molecule has 0 N–H and O–H groups in total. The average molecular weight is 477 g/mol. The number of aryl methyl sites for hydroxylation is 2. The molecule has 0 bridgehead atoms. The van der Waals surface area contributed by atoms with Crippen molar-refractivity contribution in [2.45, 2.75) is 33.0 Å². The van der Waals surface area contributed by atoms with Crippen LogP contribution in [0.2, 0.25) is 0 Å². The van der Waals surface area contributed by atoms with Crippen LogP contribution in [0.15, 0.2) is 59.6 Å². The van der Waals surface area contributed by atoms with Crippen LogP contribution in [0.3, 0.4) is 0 Å². The zero-order valence-corrected chi connectivity index (χ0v) is 19.1. The van der Waals surface area contributed by atoms with Crippen molar-refractivity contribution in [3.8, 4) is 0 Å². The fourth-order valence-corrected chi connectivity index (χ4v) is 5.98. The molecule has 0 radical (unpaired) electrons.